The molecule has 1 amide bonds. The molecular weight excluding hydrogens is 449 g/mol. The minimum absolute atomic E-state index is 0.237. The summed E-state index contributed by atoms with van der Waals surface area (Å²) < 4.78 is 5.30. The number of hydrogen-bond acceptors (Lipinski definition) is 3. The number of carbonyl (C=O) groups excluding carboxylic acids is 2. The molecule has 162 valence electrons. The fourth-order valence-electron chi connectivity index (χ4n) is 4.16. The first-order chi connectivity index (χ1) is 15.5. The van der Waals surface area contributed by atoms with Gasteiger partial charge in [-0.3, -0.25) is 4.79 Å². The zero-order valence-corrected chi connectivity index (χ0v) is 18.7. The second-order valence-electron chi connectivity index (χ2n) is 7.57. The van der Waals surface area contributed by atoms with Crippen molar-refractivity contribution in [1.29, 1.82) is 0 Å². The first-order valence-corrected chi connectivity index (χ1v) is 11.0. The van der Waals surface area contributed by atoms with E-state index in [1.54, 1.807) is 31.3 Å². The van der Waals surface area contributed by atoms with Gasteiger partial charge in [0.1, 0.15) is 5.69 Å². The Morgan fingerprint density at radius 3 is 2.69 bits per heavy atom. The van der Waals surface area contributed by atoms with Gasteiger partial charge < -0.3 is 19.6 Å². The minimum Gasteiger partial charge on any atom is -0.462 e. The number of nitrogens with one attached hydrogen (secondary N) is 2. The highest BCUT2D eigenvalue weighted by Gasteiger charge is 2.28. The lowest BCUT2D eigenvalue weighted by molar-refractivity contribution is -0.136. The molecule has 0 fully saturated rings. The minimum atomic E-state index is -0.480. The molecule has 1 aliphatic rings. The molecule has 6 nitrogen and oxygen atoms in total. The Bertz CT molecular complexity index is 1420. The number of H-pyrrole nitrogens is 2. The predicted molar refractivity (Wildman–Crippen MR) is 126 cm³/mol. The lowest BCUT2D eigenvalue weighted by Gasteiger charge is -2.17. The second kappa shape index (κ2) is 8.04. The quantitative estimate of drug-likeness (QED) is 0.387. The molecule has 0 unspecified atom stereocenters. The monoisotopic (exact) mass is 467 g/mol. The van der Waals surface area contributed by atoms with E-state index in [1.165, 1.54) is 4.90 Å². The van der Waals surface area contributed by atoms with Gasteiger partial charge in [0.2, 0.25) is 0 Å². The lowest BCUT2D eigenvalue weighted by atomic mass is 10.0. The molecule has 0 saturated carbocycles. The number of esters is 1. The van der Waals surface area contributed by atoms with Crippen LogP contribution in [-0.4, -0.2) is 39.9 Å². The molecular formula is C24H19Cl2N3O3. The summed E-state index contributed by atoms with van der Waals surface area (Å²) in [5.41, 5.74) is 3.97. The van der Waals surface area contributed by atoms with E-state index in [2.05, 4.69) is 9.97 Å². The summed E-state index contributed by atoms with van der Waals surface area (Å²) >= 11 is 12.4. The van der Waals surface area contributed by atoms with Crippen LogP contribution in [0.2, 0.25) is 10.0 Å². The number of fused-ring (bicyclic) bond motifs is 4. The summed E-state index contributed by atoms with van der Waals surface area (Å²) in [6.07, 6.45) is 2.15. The van der Waals surface area contributed by atoms with Crippen molar-refractivity contribution in [2.75, 3.05) is 13.2 Å². The Balaban J connectivity index is 1.59. The van der Waals surface area contributed by atoms with E-state index in [0.29, 0.717) is 50.9 Å². The zero-order chi connectivity index (χ0) is 22.4. The van der Waals surface area contributed by atoms with E-state index in [1.807, 2.05) is 24.3 Å². The Kier molecular flexibility index (Phi) is 5.19. The van der Waals surface area contributed by atoms with E-state index in [4.69, 9.17) is 27.9 Å². The lowest BCUT2D eigenvalue weighted by Crippen LogP contribution is -2.28. The molecule has 5 rings (SSSR count). The van der Waals surface area contributed by atoms with Crippen molar-refractivity contribution in [1.82, 2.24) is 14.9 Å². The van der Waals surface area contributed by atoms with E-state index in [-0.39, 0.29) is 12.5 Å². The van der Waals surface area contributed by atoms with Crippen molar-refractivity contribution in [3.05, 3.63) is 75.7 Å². The van der Waals surface area contributed by atoms with E-state index in [9.17, 15) is 9.59 Å². The first kappa shape index (κ1) is 20.7. The maximum absolute atomic E-state index is 13.4. The van der Waals surface area contributed by atoms with Gasteiger partial charge in [-0.25, -0.2) is 4.79 Å². The zero-order valence-electron chi connectivity index (χ0n) is 17.2. The summed E-state index contributed by atoms with van der Waals surface area (Å²) in [4.78, 5) is 34.2. The number of hydrogen-bond donors (Lipinski definition) is 2. The number of rotatable bonds is 3. The molecule has 2 aromatic heterocycles. The predicted octanol–water partition coefficient (Wildman–Crippen LogP) is 5.56. The van der Waals surface area contributed by atoms with Crippen LogP contribution in [0, 0.1) is 0 Å². The first-order valence-electron chi connectivity index (χ1n) is 10.2. The number of aromatic amines is 2. The van der Waals surface area contributed by atoms with Gasteiger partial charge in [-0.05, 0) is 43.2 Å². The van der Waals surface area contributed by atoms with Crippen LogP contribution >= 0.6 is 23.2 Å². The summed E-state index contributed by atoms with van der Waals surface area (Å²) in [5, 5.41) is 2.68. The molecule has 3 heterocycles. The molecule has 2 aromatic carbocycles. The van der Waals surface area contributed by atoms with Gasteiger partial charge in [0.05, 0.1) is 22.9 Å². The summed E-state index contributed by atoms with van der Waals surface area (Å²) in [5.74, 6) is -0.754. The second-order valence-corrected chi connectivity index (χ2v) is 8.41. The Hall–Kier alpha value is -3.22. The van der Waals surface area contributed by atoms with Crippen LogP contribution in [0.15, 0.2) is 48.7 Å². The van der Waals surface area contributed by atoms with Crippen molar-refractivity contribution >= 4 is 62.5 Å². The standard InChI is InChI=1S/C24H19Cl2N3O3/c1-2-32-24(31)17-12-29(8-7-15-14-5-3-4-6-19(14)28-22(15)17)23(30)21-11-16-18(26)9-13(25)10-20(16)27-21/h3-6,9-12,27-28H,2,7-8H2,1H3. The van der Waals surface area contributed by atoms with Gasteiger partial charge >= 0.3 is 5.97 Å². The number of para-hydroxylation sites is 1. The fraction of sp³-hybridized carbons (Fsp3) is 0.167. The molecule has 4 aromatic rings. The fourth-order valence-corrected chi connectivity index (χ4v) is 4.71. The Morgan fingerprint density at radius 1 is 1.06 bits per heavy atom. The van der Waals surface area contributed by atoms with Crippen molar-refractivity contribution in [2.45, 2.75) is 13.3 Å². The third kappa shape index (κ3) is 3.45. The number of halogens is 2. The van der Waals surface area contributed by atoms with Crippen LogP contribution in [0.3, 0.4) is 0 Å². The SMILES string of the molecule is CCOC(=O)C1=CN(C(=O)c2cc3c(Cl)cc(Cl)cc3[nH]2)CCc2c1[nH]c1ccccc21. The summed E-state index contributed by atoms with van der Waals surface area (Å²) in [6.45, 7) is 2.39. The Morgan fingerprint density at radius 2 is 1.88 bits per heavy atom. The van der Waals surface area contributed by atoms with Gasteiger partial charge in [-0.2, -0.15) is 0 Å². The average molecular weight is 468 g/mol. The van der Waals surface area contributed by atoms with Gasteiger partial charge in [0.15, 0.2) is 0 Å². The topological polar surface area (TPSA) is 78.2 Å². The third-order valence-corrected chi connectivity index (χ3v) is 6.14. The molecule has 0 saturated heterocycles. The van der Waals surface area contributed by atoms with Crippen molar-refractivity contribution in [3.63, 3.8) is 0 Å². The highest BCUT2D eigenvalue weighted by atomic mass is 35.5. The number of aromatic nitrogens is 2. The molecule has 0 spiro atoms. The number of ether oxygens (including phenoxy) is 1. The molecule has 1 aliphatic heterocycles. The van der Waals surface area contributed by atoms with Crippen molar-refractivity contribution < 1.29 is 14.3 Å². The van der Waals surface area contributed by atoms with Crippen LogP contribution in [-0.2, 0) is 16.0 Å². The van der Waals surface area contributed by atoms with Gasteiger partial charge in [0.25, 0.3) is 5.91 Å². The van der Waals surface area contributed by atoms with Crippen LogP contribution in [0.4, 0.5) is 0 Å². The Labute approximate surface area is 193 Å². The van der Waals surface area contributed by atoms with Gasteiger partial charge in [-0.1, -0.05) is 41.4 Å². The van der Waals surface area contributed by atoms with Gasteiger partial charge in [0, 0.05) is 39.6 Å². The van der Waals surface area contributed by atoms with Crippen LogP contribution in [0.5, 0.6) is 0 Å². The summed E-state index contributed by atoms with van der Waals surface area (Å²) in [6, 6.07) is 12.9. The van der Waals surface area contributed by atoms with Crippen LogP contribution in [0.25, 0.3) is 27.4 Å². The molecule has 32 heavy (non-hydrogen) atoms. The highest BCUT2D eigenvalue weighted by Crippen LogP contribution is 2.33. The van der Waals surface area contributed by atoms with E-state index < -0.39 is 5.97 Å². The number of amides is 1. The average Bonchev–Trinajstić information content (AvgIpc) is 3.30. The van der Waals surface area contributed by atoms with E-state index >= 15 is 0 Å². The highest BCUT2D eigenvalue weighted by molar-refractivity contribution is 6.38. The van der Waals surface area contributed by atoms with Crippen molar-refractivity contribution in [3.8, 4) is 0 Å². The maximum Gasteiger partial charge on any atom is 0.341 e. The number of carbonyl (C=O) groups is 2. The molecule has 0 atom stereocenters. The van der Waals surface area contributed by atoms with Crippen LogP contribution in [0.1, 0.15) is 28.7 Å². The number of benzene rings is 2. The molecule has 0 bridgehead atoms. The molecule has 0 radical (unpaired) electrons. The normalized spacial score (nSPS) is 13.7. The largest absolute Gasteiger partial charge is 0.462 e. The van der Waals surface area contributed by atoms with Crippen LogP contribution < -0.4 is 0 Å². The smallest absolute Gasteiger partial charge is 0.341 e. The third-order valence-electron chi connectivity index (χ3n) is 5.61. The molecule has 2 N–H and O–H groups in total. The number of nitrogens with zero attached hydrogens (tertiary/aromatic N) is 1. The van der Waals surface area contributed by atoms with E-state index in [0.717, 1.165) is 16.5 Å². The molecule has 8 heteroatoms. The molecule has 0 aliphatic carbocycles. The van der Waals surface area contributed by atoms with Crippen molar-refractivity contribution in [2.24, 2.45) is 0 Å². The summed E-state index contributed by atoms with van der Waals surface area (Å²) in [7, 11) is 0. The van der Waals surface area contributed by atoms with Gasteiger partial charge in [-0.15, -0.1) is 0 Å². The maximum atomic E-state index is 13.4.